The molecule has 3 heteroatoms. The Morgan fingerprint density at radius 3 is 2.71 bits per heavy atom. The predicted octanol–water partition coefficient (Wildman–Crippen LogP) is 4.92. The van der Waals surface area contributed by atoms with Gasteiger partial charge in [-0.2, -0.15) is 0 Å². The largest absolute Gasteiger partial charge is 0.378 e. The molecule has 0 spiro atoms. The van der Waals surface area contributed by atoms with Gasteiger partial charge in [-0.05, 0) is 60.7 Å². The van der Waals surface area contributed by atoms with Crippen molar-refractivity contribution in [1.29, 1.82) is 0 Å². The van der Waals surface area contributed by atoms with Gasteiger partial charge >= 0.3 is 0 Å². The first-order chi connectivity index (χ1) is 10.0. The second-order valence-corrected chi connectivity index (χ2v) is 6.89. The van der Waals surface area contributed by atoms with Gasteiger partial charge in [-0.1, -0.05) is 28.1 Å². The maximum atomic E-state index is 3.70. The van der Waals surface area contributed by atoms with Gasteiger partial charge in [0, 0.05) is 29.9 Å². The van der Waals surface area contributed by atoms with E-state index in [9.17, 15) is 0 Å². The number of rotatable bonds is 3. The summed E-state index contributed by atoms with van der Waals surface area (Å²) < 4.78 is 1.17. The molecule has 0 saturated heterocycles. The molecule has 0 radical (unpaired) electrons. The molecular formula is C18H21BrN2. The van der Waals surface area contributed by atoms with Crippen LogP contribution in [-0.2, 0) is 6.42 Å². The molecule has 2 aromatic carbocycles. The zero-order chi connectivity index (χ0) is 15.0. The molecule has 1 N–H and O–H groups in total. The van der Waals surface area contributed by atoms with E-state index in [0.29, 0.717) is 6.04 Å². The molecule has 2 nitrogen and oxygen atoms in total. The Morgan fingerprint density at radius 2 is 1.95 bits per heavy atom. The molecule has 0 aromatic heterocycles. The van der Waals surface area contributed by atoms with Gasteiger partial charge in [0.2, 0.25) is 0 Å². The summed E-state index contributed by atoms with van der Waals surface area (Å²) in [5, 5.41) is 3.70. The fourth-order valence-electron chi connectivity index (χ4n) is 3.12. The summed E-state index contributed by atoms with van der Waals surface area (Å²) in [5.41, 5.74) is 6.67. The van der Waals surface area contributed by atoms with Crippen molar-refractivity contribution in [2.75, 3.05) is 24.3 Å². The maximum absolute atomic E-state index is 3.70. The van der Waals surface area contributed by atoms with Gasteiger partial charge in [-0.15, -0.1) is 0 Å². The summed E-state index contributed by atoms with van der Waals surface area (Å²) in [7, 11) is 4.18. The van der Waals surface area contributed by atoms with E-state index in [-0.39, 0.29) is 0 Å². The third kappa shape index (κ3) is 2.93. The number of hydrogen-bond acceptors (Lipinski definition) is 2. The number of nitrogens with one attached hydrogen (secondary N) is 1. The highest BCUT2D eigenvalue weighted by atomic mass is 79.9. The number of benzene rings is 2. The fraction of sp³-hybridized carbons (Fsp3) is 0.333. The lowest BCUT2D eigenvalue weighted by atomic mass is 10.1. The minimum Gasteiger partial charge on any atom is -0.378 e. The van der Waals surface area contributed by atoms with Crippen LogP contribution < -0.4 is 10.2 Å². The first kappa shape index (κ1) is 14.5. The van der Waals surface area contributed by atoms with Crippen LogP contribution in [0.2, 0.25) is 0 Å². The van der Waals surface area contributed by atoms with Crippen LogP contribution in [0.1, 0.15) is 29.2 Å². The second kappa shape index (κ2) is 5.72. The first-order valence-electron chi connectivity index (χ1n) is 7.37. The topological polar surface area (TPSA) is 15.3 Å². The number of nitrogens with zero attached hydrogens (tertiary/aromatic N) is 1. The fourth-order valence-corrected chi connectivity index (χ4v) is 3.53. The molecule has 2 aromatic rings. The molecule has 0 fully saturated rings. The molecule has 21 heavy (non-hydrogen) atoms. The van der Waals surface area contributed by atoms with Crippen molar-refractivity contribution in [3.63, 3.8) is 0 Å². The van der Waals surface area contributed by atoms with E-state index in [4.69, 9.17) is 0 Å². The van der Waals surface area contributed by atoms with Crippen LogP contribution in [0, 0.1) is 6.92 Å². The monoisotopic (exact) mass is 344 g/mol. The van der Waals surface area contributed by atoms with Gasteiger partial charge in [0.1, 0.15) is 0 Å². The molecule has 0 bridgehead atoms. The third-order valence-corrected chi connectivity index (χ3v) is 4.71. The Morgan fingerprint density at radius 1 is 1.14 bits per heavy atom. The quantitative estimate of drug-likeness (QED) is 0.849. The van der Waals surface area contributed by atoms with E-state index in [1.54, 1.807) is 0 Å². The highest BCUT2D eigenvalue weighted by molar-refractivity contribution is 9.10. The molecule has 1 aliphatic carbocycles. The van der Waals surface area contributed by atoms with Crippen LogP contribution in [0.4, 0.5) is 11.4 Å². The molecule has 1 aliphatic rings. The van der Waals surface area contributed by atoms with Crippen LogP contribution in [0.25, 0.3) is 0 Å². The van der Waals surface area contributed by atoms with Crippen LogP contribution in [0.3, 0.4) is 0 Å². The summed E-state index contributed by atoms with van der Waals surface area (Å²) in [5.74, 6) is 0. The number of aryl methyl sites for hydroxylation is 2. The normalized spacial score (nSPS) is 16.7. The minimum absolute atomic E-state index is 0.422. The zero-order valence-electron chi connectivity index (χ0n) is 12.8. The maximum Gasteiger partial charge on any atom is 0.0519 e. The number of fused-ring (bicyclic) bond motifs is 1. The molecular weight excluding hydrogens is 324 g/mol. The summed E-state index contributed by atoms with van der Waals surface area (Å²) in [6.45, 7) is 2.15. The lowest BCUT2D eigenvalue weighted by molar-refractivity contribution is 0.762. The first-order valence-corrected chi connectivity index (χ1v) is 8.17. The van der Waals surface area contributed by atoms with E-state index in [0.717, 1.165) is 12.8 Å². The lowest BCUT2D eigenvalue weighted by Gasteiger charge is -2.20. The Balaban J connectivity index is 1.85. The molecule has 3 rings (SSSR count). The molecule has 0 heterocycles. The van der Waals surface area contributed by atoms with Crippen LogP contribution >= 0.6 is 15.9 Å². The predicted molar refractivity (Wildman–Crippen MR) is 94.3 cm³/mol. The molecule has 0 aliphatic heterocycles. The molecule has 110 valence electrons. The van der Waals surface area contributed by atoms with Crippen molar-refractivity contribution in [2.24, 2.45) is 0 Å². The second-order valence-electron chi connectivity index (χ2n) is 5.97. The number of anilines is 2. The van der Waals surface area contributed by atoms with Gasteiger partial charge in [0.25, 0.3) is 0 Å². The van der Waals surface area contributed by atoms with Crippen molar-refractivity contribution in [3.8, 4) is 0 Å². The van der Waals surface area contributed by atoms with Crippen molar-refractivity contribution >= 4 is 27.3 Å². The Bertz CT molecular complexity index is 664. The Labute approximate surface area is 135 Å². The standard InChI is InChI=1S/C18H21BrN2/c1-12-4-7-15(11-18(12)21(2)3)20-17-9-5-13-10-14(19)6-8-16(13)17/h4,6-8,10-11,17,20H,5,9H2,1-3H3. The third-order valence-electron chi connectivity index (χ3n) is 4.21. The zero-order valence-corrected chi connectivity index (χ0v) is 14.4. The summed E-state index contributed by atoms with van der Waals surface area (Å²) in [6.07, 6.45) is 2.32. The van der Waals surface area contributed by atoms with Gasteiger partial charge in [-0.25, -0.2) is 0 Å². The smallest absolute Gasteiger partial charge is 0.0519 e. The van der Waals surface area contributed by atoms with Crippen molar-refractivity contribution < 1.29 is 0 Å². The summed E-state index contributed by atoms with van der Waals surface area (Å²) >= 11 is 3.56. The molecule has 1 atom stereocenters. The van der Waals surface area contributed by atoms with E-state index in [1.165, 1.54) is 32.5 Å². The minimum atomic E-state index is 0.422. The highest BCUT2D eigenvalue weighted by Gasteiger charge is 2.22. The molecule has 1 unspecified atom stereocenters. The van der Waals surface area contributed by atoms with Crippen LogP contribution in [0.15, 0.2) is 40.9 Å². The molecule has 0 amide bonds. The van der Waals surface area contributed by atoms with Crippen LogP contribution in [0.5, 0.6) is 0 Å². The van der Waals surface area contributed by atoms with Gasteiger partial charge in [0.05, 0.1) is 6.04 Å². The van der Waals surface area contributed by atoms with Crippen molar-refractivity contribution in [2.45, 2.75) is 25.8 Å². The van der Waals surface area contributed by atoms with E-state index < -0.39 is 0 Å². The number of hydrogen-bond donors (Lipinski definition) is 1. The SMILES string of the molecule is Cc1ccc(NC2CCc3cc(Br)ccc32)cc1N(C)C. The average molecular weight is 345 g/mol. The van der Waals surface area contributed by atoms with Crippen LogP contribution in [-0.4, -0.2) is 14.1 Å². The summed E-state index contributed by atoms with van der Waals surface area (Å²) in [6, 6.07) is 13.7. The average Bonchev–Trinajstić information content (AvgIpc) is 2.83. The summed E-state index contributed by atoms with van der Waals surface area (Å²) in [4.78, 5) is 2.17. The number of halogens is 1. The van der Waals surface area contributed by atoms with Gasteiger partial charge in [-0.3, -0.25) is 0 Å². The highest BCUT2D eigenvalue weighted by Crippen LogP contribution is 2.36. The van der Waals surface area contributed by atoms with Gasteiger partial charge in [0.15, 0.2) is 0 Å². The van der Waals surface area contributed by atoms with E-state index >= 15 is 0 Å². The lowest BCUT2D eigenvalue weighted by Crippen LogP contribution is -2.12. The van der Waals surface area contributed by atoms with E-state index in [1.807, 2.05) is 0 Å². The van der Waals surface area contributed by atoms with Gasteiger partial charge < -0.3 is 10.2 Å². The van der Waals surface area contributed by atoms with Crippen molar-refractivity contribution in [1.82, 2.24) is 0 Å². The van der Waals surface area contributed by atoms with E-state index in [2.05, 4.69) is 83.6 Å². The Kier molecular flexibility index (Phi) is 3.94. The molecule has 0 saturated carbocycles. The van der Waals surface area contributed by atoms with Crippen molar-refractivity contribution in [3.05, 3.63) is 57.6 Å². The Hall–Kier alpha value is -1.48.